The van der Waals surface area contributed by atoms with E-state index in [0.717, 1.165) is 47.1 Å². The second-order valence-corrected chi connectivity index (χ2v) is 7.45. The largest absolute Gasteiger partial charge is 0.378 e. The van der Waals surface area contributed by atoms with E-state index in [2.05, 4.69) is 50.3 Å². The number of morpholine rings is 1. The summed E-state index contributed by atoms with van der Waals surface area (Å²) in [4.78, 5) is 16.1. The number of benzene rings is 2. The van der Waals surface area contributed by atoms with Gasteiger partial charge in [-0.2, -0.15) is 0 Å². The summed E-state index contributed by atoms with van der Waals surface area (Å²) < 4.78 is 5.45. The first kappa shape index (κ1) is 19.3. The molecule has 2 aliphatic heterocycles. The lowest BCUT2D eigenvalue weighted by molar-refractivity contribution is 0.122. The van der Waals surface area contributed by atoms with E-state index in [4.69, 9.17) is 9.73 Å². The number of ether oxygens (including phenoxy) is 1. The number of hydrogen-bond donors (Lipinski definition) is 2. The van der Waals surface area contributed by atoms with Crippen LogP contribution in [0, 0.1) is 0 Å². The van der Waals surface area contributed by atoms with Crippen LogP contribution in [0.2, 0.25) is 0 Å². The predicted molar refractivity (Wildman–Crippen MR) is 124 cm³/mol. The van der Waals surface area contributed by atoms with Crippen LogP contribution >= 0.6 is 0 Å². The van der Waals surface area contributed by atoms with Crippen LogP contribution in [-0.4, -0.2) is 48.1 Å². The van der Waals surface area contributed by atoms with E-state index in [9.17, 15) is 0 Å². The molecule has 2 aliphatic rings. The van der Waals surface area contributed by atoms with Crippen LogP contribution in [0.25, 0.3) is 0 Å². The van der Waals surface area contributed by atoms with Gasteiger partial charge in [-0.25, -0.2) is 9.97 Å². The van der Waals surface area contributed by atoms with Gasteiger partial charge in [-0.15, -0.1) is 0 Å². The number of para-hydroxylation sites is 1. The Morgan fingerprint density at radius 1 is 1.00 bits per heavy atom. The van der Waals surface area contributed by atoms with Gasteiger partial charge in [-0.05, 0) is 6.07 Å². The molecule has 0 spiro atoms. The minimum absolute atomic E-state index is 0.393. The van der Waals surface area contributed by atoms with Gasteiger partial charge in [-0.3, -0.25) is 4.99 Å². The summed E-state index contributed by atoms with van der Waals surface area (Å²) in [6, 6.07) is 20.3. The number of rotatable bonds is 4. The number of nitrogens with one attached hydrogen (secondary N) is 2. The maximum atomic E-state index is 5.45. The molecule has 0 aliphatic carbocycles. The molecule has 2 aromatic carbocycles. The molecule has 1 unspecified atom stereocenters. The van der Waals surface area contributed by atoms with E-state index < -0.39 is 6.17 Å². The summed E-state index contributed by atoms with van der Waals surface area (Å²) >= 11 is 0. The van der Waals surface area contributed by atoms with Gasteiger partial charge in [0.05, 0.1) is 24.6 Å². The zero-order chi connectivity index (χ0) is 21.0. The van der Waals surface area contributed by atoms with E-state index >= 15 is 0 Å². The van der Waals surface area contributed by atoms with Gasteiger partial charge in [0, 0.05) is 36.0 Å². The van der Waals surface area contributed by atoms with Crippen molar-refractivity contribution in [2.75, 3.05) is 41.8 Å². The molecular formula is C24H24N6O. The number of aromatic nitrogens is 2. The third-order valence-electron chi connectivity index (χ3n) is 5.39. The Hall–Kier alpha value is -3.71. The van der Waals surface area contributed by atoms with Gasteiger partial charge in [-0.1, -0.05) is 55.1 Å². The van der Waals surface area contributed by atoms with Crippen molar-refractivity contribution in [2.24, 2.45) is 4.99 Å². The first-order valence-electron chi connectivity index (χ1n) is 10.4. The van der Waals surface area contributed by atoms with E-state index in [0.29, 0.717) is 19.0 Å². The Morgan fingerprint density at radius 3 is 2.61 bits per heavy atom. The molecule has 1 fully saturated rings. The lowest BCUT2D eigenvalue weighted by atomic mass is 10.0. The van der Waals surface area contributed by atoms with Gasteiger partial charge in [0.1, 0.15) is 18.0 Å². The zero-order valence-corrected chi connectivity index (χ0v) is 17.2. The fraction of sp³-hybridized carbons (Fsp3) is 0.208. The molecule has 5 rings (SSSR count). The lowest BCUT2D eigenvalue weighted by Gasteiger charge is -2.28. The van der Waals surface area contributed by atoms with Crippen LogP contribution in [0.4, 0.5) is 17.3 Å². The second-order valence-electron chi connectivity index (χ2n) is 7.45. The zero-order valence-electron chi connectivity index (χ0n) is 17.2. The summed E-state index contributed by atoms with van der Waals surface area (Å²) in [6.45, 7) is 7.29. The number of fused-ring (bicyclic) bond motifs is 1. The molecule has 0 radical (unpaired) electrons. The minimum Gasteiger partial charge on any atom is -0.378 e. The van der Waals surface area contributed by atoms with Crippen molar-refractivity contribution in [3.8, 4) is 0 Å². The van der Waals surface area contributed by atoms with Crippen LogP contribution in [0.3, 0.4) is 0 Å². The topological polar surface area (TPSA) is 74.7 Å². The van der Waals surface area contributed by atoms with Crippen molar-refractivity contribution in [1.82, 2.24) is 9.97 Å². The Kier molecular flexibility index (Phi) is 5.33. The second kappa shape index (κ2) is 8.57. The number of aliphatic imine (C=N–C) groups is 1. The number of nitrogens with zero attached hydrogens (tertiary/aromatic N) is 4. The molecule has 3 aromatic rings. The van der Waals surface area contributed by atoms with Gasteiger partial charge in [0.2, 0.25) is 0 Å². The Labute approximate surface area is 181 Å². The van der Waals surface area contributed by atoms with Crippen molar-refractivity contribution >= 4 is 23.0 Å². The fourth-order valence-corrected chi connectivity index (χ4v) is 3.79. The molecule has 0 bridgehead atoms. The van der Waals surface area contributed by atoms with E-state index in [1.54, 1.807) is 6.33 Å². The number of hydrogen-bond acceptors (Lipinski definition) is 7. The van der Waals surface area contributed by atoms with E-state index in [-0.39, 0.29) is 0 Å². The average Bonchev–Trinajstić information content (AvgIpc) is 2.97. The Morgan fingerprint density at radius 2 is 1.77 bits per heavy atom. The molecule has 7 nitrogen and oxygen atoms in total. The molecule has 3 heterocycles. The van der Waals surface area contributed by atoms with Crippen LogP contribution in [0.5, 0.6) is 0 Å². The summed E-state index contributed by atoms with van der Waals surface area (Å²) in [6.07, 6.45) is 1.19. The lowest BCUT2D eigenvalue weighted by Crippen LogP contribution is -2.36. The highest BCUT2D eigenvalue weighted by molar-refractivity contribution is 6.16. The smallest absolute Gasteiger partial charge is 0.160 e. The monoisotopic (exact) mass is 412 g/mol. The molecule has 2 N–H and O–H groups in total. The molecule has 7 heteroatoms. The maximum Gasteiger partial charge on any atom is 0.160 e. The highest BCUT2D eigenvalue weighted by Gasteiger charge is 2.22. The summed E-state index contributed by atoms with van der Waals surface area (Å²) in [5.41, 5.74) is 4.73. The van der Waals surface area contributed by atoms with Gasteiger partial charge in [0.25, 0.3) is 0 Å². The number of benzodiazepines with no additional fused rings is 1. The molecule has 0 amide bonds. The molecule has 156 valence electrons. The Bertz CT molecular complexity index is 1110. The van der Waals surface area contributed by atoms with Crippen LogP contribution in [0.1, 0.15) is 11.1 Å². The van der Waals surface area contributed by atoms with Gasteiger partial charge in [0.15, 0.2) is 6.17 Å². The van der Waals surface area contributed by atoms with E-state index in [1.807, 2.05) is 42.5 Å². The SMILES string of the molecule is C=C1Nc2ccccc2C(c2ccccc2)=NC1Nc1cc(N2CCOCC2)ncn1. The standard InChI is InChI=1S/C24H24N6O/c1-17-24(28-21-15-22(26-16-25-21)30-11-13-31-14-12-30)29-23(18-7-3-2-4-8-18)19-9-5-6-10-20(19)27-17/h2-10,15-16,24,27H,1,11-14H2,(H,25,26,28). The first-order valence-corrected chi connectivity index (χ1v) is 10.4. The average molecular weight is 412 g/mol. The number of anilines is 3. The fourth-order valence-electron chi connectivity index (χ4n) is 3.79. The highest BCUT2D eigenvalue weighted by atomic mass is 16.5. The van der Waals surface area contributed by atoms with Crippen molar-refractivity contribution in [3.63, 3.8) is 0 Å². The summed E-state index contributed by atoms with van der Waals surface area (Å²) in [5.74, 6) is 1.58. The highest BCUT2D eigenvalue weighted by Crippen LogP contribution is 2.27. The quantitative estimate of drug-likeness (QED) is 0.683. The van der Waals surface area contributed by atoms with Crippen molar-refractivity contribution < 1.29 is 4.74 Å². The molecule has 0 saturated carbocycles. The van der Waals surface area contributed by atoms with Crippen LogP contribution in [-0.2, 0) is 4.74 Å². The molecular weight excluding hydrogens is 388 g/mol. The van der Waals surface area contributed by atoms with Crippen molar-refractivity contribution in [2.45, 2.75) is 6.17 Å². The molecule has 1 aromatic heterocycles. The minimum atomic E-state index is -0.393. The summed E-state index contributed by atoms with van der Waals surface area (Å²) in [7, 11) is 0. The van der Waals surface area contributed by atoms with Crippen molar-refractivity contribution in [1.29, 1.82) is 0 Å². The normalized spacial score (nSPS) is 18.5. The van der Waals surface area contributed by atoms with Crippen LogP contribution < -0.4 is 15.5 Å². The molecule has 1 saturated heterocycles. The van der Waals surface area contributed by atoms with Crippen molar-refractivity contribution in [3.05, 3.63) is 90.4 Å². The van der Waals surface area contributed by atoms with Gasteiger partial charge >= 0.3 is 0 Å². The van der Waals surface area contributed by atoms with Gasteiger partial charge < -0.3 is 20.3 Å². The summed E-state index contributed by atoms with van der Waals surface area (Å²) in [5, 5.41) is 6.85. The third kappa shape index (κ3) is 4.13. The van der Waals surface area contributed by atoms with E-state index in [1.165, 1.54) is 0 Å². The third-order valence-corrected chi connectivity index (χ3v) is 5.39. The maximum absolute atomic E-state index is 5.45. The predicted octanol–water partition coefficient (Wildman–Crippen LogP) is 3.53. The Balaban J connectivity index is 1.48. The molecule has 1 atom stereocenters. The first-order chi connectivity index (χ1) is 15.3. The van der Waals surface area contributed by atoms with Crippen LogP contribution in [0.15, 0.2) is 84.3 Å². The molecule has 31 heavy (non-hydrogen) atoms.